The van der Waals surface area contributed by atoms with Crippen LogP contribution in [0.1, 0.15) is 11.3 Å². The minimum absolute atomic E-state index is 0.0205. The fourth-order valence-electron chi connectivity index (χ4n) is 1.86. The van der Waals surface area contributed by atoms with Crippen molar-refractivity contribution < 1.29 is 18.4 Å². The molecule has 7 heteroatoms. The molecule has 0 radical (unpaired) electrons. The molecule has 1 atom stereocenters. The summed E-state index contributed by atoms with van der Waals surface area (Å²) in [6.45, 7) is -0.0205. The molecule has 1 aromatic rings. The normalized spacial score (nSPS) is 22.4. The van der Waals surface area contributed by atoms with E-state index in [1.807, 2.05) is 0 Å². The maximum Gasteiger partial charge on any atom is 0.327 e. The van der Waals surface area contributed by atoms with Gasteiger partial charge in [0.05, 0.1) is 10.4 Å². The van der Waals surface area contributed by atoms with E-state index in [1.54, 1.807) is 24.3 Å². The molecule has 1 fully saturated rings. The quantitative estimate of drug-likeness (QED) is 0.802. The fourth-order valence-corrected chi connectivity index (χ4v) is 2.85. The second kappa shape index (κ2) is 5.38. The molecule has 0 spiro atoms. The molecule has 0 saturated carbocycles. The molecule has 19 heavy (non-hydrogen) atoms. The summed E-state index contributed by atoms with van der Waals surface area (Å²) in [5.74, 6) is -4.73. The SMILES string of the molecule is O=C[C@H]1CC(F)(F)C(=O)N1C/C=C\c1ccc(Cl)s1. The van der Waals surface area contributed by atoms with Crippen molar-refractivity contribution in [2.24, 2.45) is 0 Å². The zero-order valence-corrected chi connectivity index (χ0v) is 11.3. The number of rotatable bonds is 4. The number of alkyl halides is 2. The molecule has 0 aromatic carbocycles. The van der Waals surface area contributed by atoms with Gasteiger partial charge >= 0.3 is 5.92 Å². The van der Waals surface area contributed by atoms with Gasteiger partial charge in [0.1, 0.15) is 6.29 Å². The number of thiophene rings is 1. The summed E-state index contributed by atoms with van der Waals surface area (Å²) >= 11 is 7.08. The molecule has 1 aliphatic rings. The highest BCUT2D eigenvalue weighted by Crippen LogP contribution is 2.32. The van der Waals surface area contributed by atoms with E-state index in [1.165, 1.54) is 11.3 Å². The number of hydrogen-bond acceptors (Lipinski definition) is 3. The standard InChI is InChI=1S/C12H10ClF2NO2S/c13-10-4-3-9(19-10)2-1-5-16-8(7-17)6-12(14,15)11(16)18/h1-4,7-8H,5-6H2/b2-1-/t8-/m1/s1. The number of nitrogens with zero attached hydrogens (tertiary/aromatic N) is 1. The van der Waals surface area contributed by atoms with Gasteiger partial charge in [-0.1, -0.05) is 17.7 Å². The third kappa shape index (κ3) is 3.01. The summed E-state index contributed by atoms with van der Waals surface area (Å²) in [5, 5.41) is 0. The summed E-state index contributed by atoms with van der Waals surface area (Å²) in [7, 11) is 0. The lowest BCUT2D eigenvalue weighted by Gasteiger charge is -2.17. The van der Waals surface area contributed by atoms with Crippen LogP contribution in [0.15, 0.2) is 18.2 Å². The number of aldehydes is 1. The van der Waals surface area contributed by atoms with Gasteiger partial charge in [0, 0.05) is 17.8 Å². The second-order valence-corrected chi connectivity index (χ2v) is 5.86. The van der Waals surface area contributed by atoms with E-state index in [-0.39, 0.29) is 6.54 Å². The molecule has 3 nitrogen and oxygen atoms in total. The van der Waals surface area contributed by atoms with Gasteiger partial charge in [-0.15, -0.1) is 11.3 Å². The first-order chi connectivity index (χ1) is 8.94. The van der Waals surface area contributed by atoms with Crippen LogP contribution in [0.3, 0.4) is 0 Å². The van der Waals surface area contributed by atoms with Gasteiger partial charge in [-0.25, -0.2) is 0 Å². The van der Waals surface area contributed by atoms with Crippen molar-refractivity contribution in [2.75, 3.05) is 6.54 Å². The van der Waals surface area contributed by atoms with Crippen LogP contribution in [0.5, 0.6) is 0 Å². The predicted octanol–water partition coefficient (Wildman–Crippen LogP) is 2.85. The number of amides is 1. The third-order valence-corrected chi connectivity index (χ3v) is 3.97. The molecule has 0 aliphatic carbocycles. The maximum atomic E-state index is 13.2. The van der Waals surface area contributed by atoms with Gasteiger partial charge in [-0.3, -0.25) is 4.79 Å². The van der Waals surface area contributed by atoms with Gasteiger partial charge in [0.25, 0.3) is 5.91 Å². The second-order valence-electron chi connectivity index (χ2n) is 4.11. The van der Waals surface area contributed by atoms with Gasteiger partial charge in [0.2, 0.25) is 0 Å². The van der Waals surface area contributed by atoms with Crippen LogP contribution in [-0.2, 0) is 9.59 Å². The van der Waals surface area contributed by atoms with Crippen LogP contribution in [0.4, 0.5) is 8.78 Å². The van der Waals surface area contributed by atoms with Gasteiger partial charge in [-0.05, 0) is 18.2 Å². The smallest absolute Gasteiger partial charge is 0.324 e. The average molecular weight is 306 g/mol. The first-order valence-corrected chi connectivity index (χ1v) is 6.69. The predicted molar refractivity (Wildman–Crippen MR) is 69.5 cm³/mol. The van der Waals surface area contributed by atoms with E-state index in [0.717, 1.165) is 9.78 Å². The molecule has 2 heterocycles. The van der Waals surface area contributed by atoms with Crippen LogP contribution in [0.25, 0.3) is 6.08 Å². The molecule has 1 aromatic heterocycles. The number of halogens is 3. The topological polar surface area (TPSA) is 37.4 Å². The molecule has 1 aliphatic heterocycles. The average Bonchev–Trinajstić information content (AvgIpc) is 2.85. The Morgan fingerprint density at radius 3 is 2.84 bits per heavy atom. The summed E-state index contributed by atoms with van der Waals surface area (Å²) in [4.78, 5) is 23.9. The lowest BCUT2D eigenvalue weighted by Crippen LogP contribution is -2.37. The molecule has 1 amide bonds. The molecular weight excluding hydrogens is 296 g/mol. The Morgan fingerprint density at radius 1 is 1.53 bits per heavy atom. The lowest BCUT2D eigenvalue weighted by atomic mass is 10.2. The molecule has 2 rings (SSSR count). The highest BCUT2D eigenvalue weighted by molar-refractivity contribution is 7.16. The van der Waals surface area contributed by atoms with Crippen molar-refractivity contribution in [3.8, 4) is 0 Å². The van der Waals surface area contributed by atoms with Crippen LogP contribution in [0, 0.1) is 0 Å². The Labute approximate surface area is 117 Å². The van der Waals surface area contributed by atoms with Crippen molar-refractivity contribution in [3.63, 3.8) is 0 Å². The van der Waals surface area contributed by atoms with Crippen LogP contribution in [0.2, 0.25) is 4.34 Å². The molecule has 0 bridgehead atoms. The Balaban J connectivity index is 2.04. The molecule has 1 saturated heterocycles. The van der Waals surface area contributed by atoms with E-state index in [2.05, 4.69) is 0 Å². The Bertz CT molecular complexity index is 530. The Morgan fingerprint density at radius 2 is 2.26 bits per heavy atom. The Kier molecular flexibility index (Phi) is 4.01. The van der Waals surface area contributed by atoms with Crippen LogP contribution < -0.4 is 0 Å². The zero-order chi connectivity index (χ0) is 14.0. The van der Waals surface area contributed by atoms with E-state index in [4.69, 9.17) is 11.6 Å². The first-order valence-electron chi connectivity index (χ1n) is 5.50. The number of likely N-dealkylation sites (tertiary alicyclic amines) is 1. The summed E-state index contributed by atoms with van der Waals surface area (Å²) in [6, 6.07) is 2.44. The third-order valence-electron chi connectivity index (χ3n) is 2.77. The van der Waals surface area contributed by atoms with Crippen molar-refractivity contribution in [2.45, 2.75) is 18.4 Å². The first kappa shape index (κ1) is 14.1. The molecule has 102 valence electrons. The van der Waals surface area contributed by atoms with Crippen molar-refractivity contribution in [1.29, 1.82) is 0 Å². The Hall–Kier alpha value is -1.27. The monoisotopic (exact) mass is 305 g/mol. The minimum atomic E-state index is -3.44. The minimum Gasteiger partial charge on any atom is -0.324 e. The summed E-state index contributed by atoms with van der Waals surface area (Å²) in [6.07, 6.45) is 2.89. The molecule has 0 N–H and O–H groups in total. The summed E-state index contributed by atoms with van der Waals surface area (Å²) in [5.41, 5.74) is 0. The van der Waals surface area contributed by atoms with E-state index < -0.39 is 24.3 Å². The fraction of sp³-hybridized carbons (Fsp3) is 0.333. The van der Waals surface area contributed by atoms with Crippen molar-refractivity contribution >= 4 is 41.2 Å². The van der Waals surface area contributed by atoms with E-state index in [9.17, 15) is 18.4 Å². The lowest BCUT2D eigenvalue weighted by molar-refractivity contribution is -0.147. The van der Waals surface area contributed by atoms with E-state index in [0.29, 0.717) is 10.6 Å². The molecular formula is C12H10ClF2NO2S. The number of hydrogen-bond donors (Lipinski definition) is 0. The van der Waals surface area contributed by atoms with Crippen molar-refractivity contribution in [3.05, 3.63) is 27.4 Å². The van der Waals surface area contributed by atoms with Crippen LogP contribution >= 0.6 is 22.9 Å². The van der Waals surface area contributed by atoms with Crippen LogP contribution in [-0.4, -0.2) is 35.6 Å². The van der Waals surface area contributed by atoms with E-state index >= 15 is 0 Å². The van der Waals surface area contributed by atoms with Gasteiger partial charge < -0.3 is 9.69 Å². The highest BCUT2D eigenvalue weighted by Gasteiger charge is 2.52. The molecule has 0 unspecified atom stereocenters. The van der Waals surface area contributed by atoms with Crippen molar-refractivity contribution in [1.82, 2.24) is 4.90 Å². The van der Waals surface area contributed by atoms with Gasteiger partial charge in [0.15, 0.2) is 0 Å². The number of carbonyl (C=O) groups excluding carboxylic acids is 2. The largest absolute Gasteiger partial charge is 0.327 e. The maximum absolute atomic E-state index is 13.2. The summed E-state index contributed by atoms with van der Waals surface area (Å²) < 4.78 is 27.0. The van der Waals surface area contributed by atoms with Gasteiger partial charge in [-0.2, -0.15) is 8.78 Å². The highest BCUT2D eigenvalue weighted by atomic mass is 35.5. The number of carbonyl (C=O) groups is 2. The zero-order valence-electron chi connectivity index (χ0n) is 9.68.